The third-order valence-corrected chi connectivity index (χ3v) is 3.21. The Hall–Kier alpha value is -3.55. The maximum atomic E-state index is 11.9. The van der Waals surface area contributed by atoms with Gasteiger partial charge in [0, 0.05) is 23.3 Å². The predicted octanol–water partition coefficient (Wildman–Crippen LogP) is 1.78. The first kappa shape index (κ1) is 17.8. The molecule has 0 radical (unpaired) electrons. The molecule has 128 valence electrons. The Labute approximate surface area is 143 Å². The molecule has 25 heavy (non-hydrogen) atoms. The lowest BCUT2D eigenvalue weighted by molar-refractivity contribution is -0.384. The van der Waals surface area contributed by atoms with Crippen LogP contribution in [0.15, 0.2) is 53.6 Å². The molecule has 2 rings (SSSR count). The maximum Gasteiger partial charge on any atom is 0.270 e. The predicted molar refractivity (Wildman–Crippen MR) is 92.3 cm³/mol. The zero-order valence-corrected chi connectivity index (χ0v) is 13.4. The van der Waals surface area contributed by atoms with Crippen molar-refractivity contribution in [2.45, 2.75) is 6.92 Å². The van der Waals surface area contributed by atoms with Crippen LogP contribution in [-0.4, -0.2) is 29.5 Å². The van der Waals surface area contributed by atoms with E-state index in [9.17, 15) is 19.7 Å². The minimum atomic E-state index is -0.517. The van der Waals surface area contributed by atoms with E-state index in [2.05, 4.69) is 15.8 Å². The fourth-order valence-electron chi connectivity index (χ4n) is 1.90. The van der Waals surface area contributed by atoms with Crippen LogP contribution in [0.4, 0.5) is 5.69 Å². The molecule has 0 aromatic heterocycles. The van der Waals surface area contributed by atoms with Crippen molar-refractivity contribution in [3.05, 3.63) is 75.3 Å². The molecule has 0 saturated carbocycles. The molecule has 8 nitrogen and oxygen atoms in total. The van der Waals surface area contributed by atoms with E-state index in [1.54, 1.807) is 30.3 Å². The summed E-state index contributed by atoms with van der Waals surface area (Å²) in [4.78, 5) is 33.7. The number of nitro benzene ring substituents is 1. The summed E-state index contributed by atoms with van der Waals surface area (Å²) >= 11 is 0. The van der Waals surface area contributed by atoms with Crippen LogP contribution in [-0.2, 0) is 4.79 Å². The first-order valence-electron chi connectivity index (χ1n) is 7.37. The van der Waals surface area contributed by atoms with Gasteiger partial charge in [0.15, 0.2) is 0 Å². The van der Waals surface area contributed by atoms with Gasteiger partial charge in [0.25, 0.3) is 17.5 Å². The van der Waals surface area contributed by atoms with Crippen molar-refractivity contribution < 1.29 is 14.5 Å². The first-order valence-corrected chi connectivity index (χ1v) is 7.37. The average molecular weight is 340 g/mol. The minimum Gasteiger partial charge on any atom is -0.343 e. The quantitative estimate of drug-likeness (QED) is 0.474. The number of amides is 2. The molecule has 0 saturated heterocycles. The Morgan fingerprint density at radius 1 is 1.20 bits per heavy atom. The van der Waals surface area contributed by atoms with E-state index < -0.39 is 10.8 Å². The van der Waals surface area contributed by atoms with E-state index in [0.717, 1.165) is 5.56 Å². The lowest BCUT2D eigenvalue weighted by Crippen LogP contribution is -2.34. The van der Waals surface area contributed by atoms with E-state index in [0.29, 0.717) is 11.1 Å². The van der Waals surface area contributed by atoms with Crippen molar-refractivity contribution in [1.29, 1.82) is 0 Å². The Balaban J connectivity index is 1.82. The lowest BCUT2D eigenvalue weighted by atomic mass is 10.1. The van der Waals surface area contributed by atoms with Crippen LogP contribution < -0.4 is 10.7 Å². The first-order chi connectivity index (χ1) is 12.0. The molecule has 0 spiro atoms. The van der Waals surface area contributed by atoms with Gasteiger partial charge in [0.05, 0.1) is 17.7 Å². The summed E-state index contributed by atoms with van der Waals surface area (Å²) < 4.78 is 0. The fraction of sp³-hybridized carbons (Fsp3) is 0.118. The van der Waals surface area contributed by atoms with Crippen molar-refractivity contribution in [3.8, 4) is 0 Å². The summed E-state index contributed by atoms with van der Waals surface area (Å²) in [5.41, 5.74) is 4.13. The van der Waals surface area contributed by atoms with Crippen LogP contribution in [0.25, 0.3) is 0 Å². The van der Waals surface area contributed by atoms with Gasteiger partial charge in [0.1, 0.15) is 0 Å². The highest BCUT2D eigenvalue weighted by Crippen LogP contribution is 2.11. The van der Waals surface area contributed by atoms with Crippen molar-refractivity contribution in [2.75, 3.05) is 6.54 Å². The molecule has 8 heteroatoms. The highest BCUT2D eigenvalue weighted by Gasteiger charge is 2.07. The Morgan fingerprint density at radius 2 is 1.92 bits per heavy atom. The summed E-state index contributed by atoms with van der Waals surface area (Å²) in [5, 5.41) is 16.9. The monoisotopic (exact) mass is 340 g/mol. The normalized spacial score (nSPS) is 10.4. The van der Waals surface area contributed by atoms with E-state index in [-0.39, 0.29) is 18.1 Å². The topological polar surface area (TPSA) is 114 Å². The molecule has 0 aliphatic heterocycles. The maximum absolute atomic E-state index is 11.9. The van der Waals surface area contributed by atoms with Gasteiger partial charge >= 0.3 is 0 Å². The highest BCUT2D eigenvalue weighted by atomic mass is 16.6. The molecular formula is C17H16N4O4. The third kappa shape index (κ3) is 5.54. The molecule has 0 aliphatic carbocycles. The van der Waals surface area contributed by atoms with Gasteiger partial charge in [-0.25, -0.2) is 5.43 Å². The molecule has 2 aromatic rings. The lowest BCUT2D eigenvalue weighted by Gasteiger charge is -2.04. The Kier molecular flexibility index (Phi) is 5.94. The number of hydrazone groups is 1. The van der Waals surface area contributed by atoms with Crippen LogP contribution in [0, 0.1) is 17.0 Å². The number of hydrogen-bond donors (Lipinski definition) is 2. The molecule has 2 N–H and O–H groups in total. The standard InChI is InChI=1S/C17H16N4O4/c1-12-5-7-14(8-6-12)17(23)18-11-16(22)20-19-10-13-3-2-4-15(9-13)21(24)25/h2-10H,11H2,1H3,(H,18,23)(H,20,22). The second-order valence-electron chi connectivity index (χ2n) is 5.19. The third-order valence-electron chi connectivity index (χ3n) is 3.21. The van der Waals surface area contributed by atoms with Gasteiger partial charge in [-0.05, 0) is 19.1 Å². The zero-order valence-electron chi connectivity index (χ0n) is 13.4. The van der Waals surface area contributed by atoms with E-state index >= 15 is 0 Å². The van der Waals surface area contributed by atoms with Gasteiger partial charge in [-0.3, -0.25) is 19.7 Å². The molecular weight excluding hydrogens is 324 g/mol. The van der Waals surface area contributed by atoms with E-state index in [1.165, 1.54) is 24.4 Å². The van der Waals surface area contributed by atoms with Crippen LogP contribution in [0.1, 0.15) is 21.5 Å². The molecule has 0 unspecified atom stereocenters. The van der Waals surface area contributed by atoms with Crippen molar-refractivity contribution in [2.24, 2.45) is 5.10 Å². The summed E-state index contributed by atoms with van der Waals surface area (Å²) in [5.74, 6) is -0.875. The average Bonchev–Trinajstić information content (AvgIpc) is 2.60. The number of non-ortho nitro benzene ring substituents is 1. The number of benzene rings is 2. The molecule has 2 aromatic carbocycles. The van der Waals surface area contributed by atoms with Gasteiger partial charge < -0.3 is 5.32 Å². The Bertz CT molecular complexity index is 816. The van der Waals surface area contributed by atoms with Crippen molar-refractivity contribution >= 4 is 23.7 Å². The summed E-state index contributed by atoms with van der Waals surface area (Å²) in [7, 11) is 0. The molecule has 0 atom stereocenters. The summed E-state index contributed by atoms with van der Waals surface area (Å²) in [6, 6.07) is 12.8. The minimum absolute atomic E-state index is 0.0689. The van der Waals surface area contributed by atoms with Gasteiger partial charge in [-0.2, -0.15) is 5.10 Å². The number of nitrogens with zero attached hydrogens (tertiary/aromatic N) is 2. The van der Waals surface area contributed by atoms with Gasteiger partial charge in [-0.15, -0.1) is 0 Å². The second-order valence-corrected chi connectivity index (χ2v) is 5.19. The number of aryl methyl sites for hydroxylation is 1. The fourth-order valence-corrected chi connectivity index (χ4v) is 1.90. The van der Waals surface area contributed by atoms with Gasteiger partial charge in [0.2, 0.25) is 0 Å². The number of rotatable bonds is 6. The zero-order chi connectivity index (χ0) is 18.2. The largest absolute Gasteiger partial charge is 0.343 e. The molecule has 0 heterocycles. The SMILES string of the molecule is Cc1ccc(C(=O)NCC(=O)NN=Cc2cccc([N+](=O)[O-])c2)cc1. The van der Waals surface area contributed by atoms with Crippen molar-refractivity contribution in [3.63, 3.8) is 0 Å². The van der Waals surface area contributed by atoms with Gasteiger partial charge in [-0.1, -0.05) is 29.8 Å². The smallest absolute Gasteiger partial charge is 0.270 e. The second kappa shape index (κ2) is 8.34. The molecule has 0 bridgehead atoms. The van der Waals surface area contributed by atoms with E-state index in [1.807, 2.05) is 6.92 Å². The molecule has 2 amide bonds. The highest BCUT2D eigenvalue weighted by molar-refractivity contribution is 5.96. The number of hydrogen-bond acceptors (Lipinski definition) is 5. The summed E-state index contributed by atoms with van der Waals surface area (Å²) in [6.07, 6.45) is 1.28. The van der Waals surface area contributed by atoms with Crippen LogP contribution >= 0.6 is 0 Å². The summed E-state index contributed by atoms with van der Waals surface area (Å²) in [6.45, 7) is 1.67. The number of carbonyl (C=O) groups excluding carboxylic acids is 2. The molecule has 0 fully saturated rings. The van der Waals surface area contributed by atoms with Crippen LogP contribution in [0.3, 0.4) is 0 Å². The van der Waals surface area contributed by atoms with Crippen LogP contribution in [0.5, 0.6) is 0 Å². The number of nitro groups is 1. The number of carbonyl (C=O) groups is 2. The van der Waals surface area contributed by atoms with Crippen molar-refractivity contribution in [1.82, 2.24) is 10.7 Å². The Morgan fingerprint density at radius 3 is 2.60 bits per heavy atom. The number of nitrogens with one attached hydrogen (secondary N) is 2. The molecule has 0 aliphatic rings. The van der Waals surface area contributed by atoms with Crippen LogP contribution in [0.2, 0.25) is 0 Å². The van der Waals surface area contributed by atoms with E-state index in [4.69, 9.17) is 0 Å².